The van der Waals surface area contributed by atoms with Gasteiger partial charge in [0.15, 0.2) is 11.6 Å². The van der Waals surface area contributed by atoms with Crippen molar-refractivity contribution in [2.45, 2.75) is 6.42 Å². The van der Waals surface area contributed by atoms with E-state index < -0.39 is 17.6 Å². The minimum atomic E-state index is -0.919. The van der Waals surface area contributed by atoms with E-state index in [1.807, 2.05) is 0 Å². The summed E-state index contributed by atoms with van der Waals surface area (Å²) in [4.78, 5) is 10.8. The van der Waals surface area contributed by atoms with Gasteiger partial charge < -0.3 is 9.84 Å². The molecule has 0 aliphatic carbocycles. The molecule has 3 nitrogen and oxygen atoms in total. The molecule has 5 heteroatoms. The highest BCUT2D eigenvalue weighted by molar-refractivity contribution is 5.70. The number of carboxylic acids is 1. The number of aliphatic carboxylic acids is 1. The summed E-state index contributed by atoms with van der Waals surface area (Å²) in [6, 6.07) is 17.4. The third-order valence-electron chi connectivity index (χ3n) is 3.58. The number of rotatable bonds is 5. The Balaban J connectivity index is 1.84. The third-order valence-corrected chi connectivity index (χ3v) is 3.58. The first kappa shape index (κ1) is 16.6. The third kappa shape index (κ3) is 4.20. The smallest absolute Gasteiger partial charge is 0.307 e. The lowest BCUT2D eigenvalue weighted by molar-refractivity contribution is -0.136. The molecule has 0 spiro atoms. The Morgan fingerprint density at radius 1 is 0.840 bits per heavy atom. The van der Waals surface area contributed by atoms with Crippen LogP contribution in [0.25, 0.3) is 11.1 Å². The first-order valence-electron chi connectivity index (χ1n) is 7.55. The zero-order chi connectivity index (χ0) is 17.8. The minimum absolute atomic E-state index is 0.0912. The maximum absolute atomic E-state index is 13.4. The minimum Gasteiger partial charge on any atom is -0.481 e. The van der Waals surface area contributed by atoms with E-state index >= 15 is 0 Å². The van der Waals surface area contributed by atoms with Gasteiger partial charge in [-0.1, -0.05) is 30.3 Å². The predicted molar refractivity (Wildman–Crippen MR) is 89.6 cm³/mol. The fraction of sp³-hybridized carbons (Fsp3) is 0.0500. The summed E-state index contributed by atoms with van der Waals surface area (Å²) < 4.78 is 32.2. The Morgan fingerprint density at radius 2 is 1.52 bits per heavy atom. The fourth-order valence-corrected chi connectivity index (χ4v) is 2.44. The average molecular weight is 340 g/mol. The van der Waals surface area contributed by atoms with E-state index in [1.165, 1.54) is 6.07 Å². The highest BCUT2D eigenvalue weighted by atomic mass is 19.2. The quantitative estimate of drug-likeness (QED) is 0.707. The molecule has 0 fully saturated rings. The van der Waals surface area contributed by atoms with Crippen molar-refractivity contribution in [2.75, 3.05) is 0 Å². The SMILES string of the molecule is O=C(O)Cc1cccc(Oc2cccc(-c3ccc(F)c(F)c3)c2)c1. The average Bonchev–Trinajstić information content (AvgIpc) is 2.57. The topological polar surface area (TPSA) is 46.5 Å². The summed E-state index contributed by atoms with van der Waals surface area (Å²) in [5, 5.41) is 8.85. The van der Waals surface area contributed by atoms with Gasteiger partial charge in [-0.25, -0.2) is 8.78 Å². The number of hydrogen-bond acceptors (Lipinski definition) is 2. The van der Waals surface area contributed by atoms with E-state index in [4.69, 9.17) is 9.84 Å². The van der Waals surface area contributed by atoms with Gasteiger partial charge in [0.05, 0.1) is 6.42 Å². The van der Waals surface area contributed by atoms with Crippen molar-refractivity contribution in [3.05, 3.63) is 83.9 Å². The lowest BCUT2D eigenvalue weighted by Gasteiger charge is -2.09. The highest BCUT2D eigenvalue weighted by Crippen LogP contribution is 2.28. The molecule has 0 aromatic heterocycles. The summed E-state index contributed by atoms with van der Waals surface area (Å²) in [7, 11) is 0. The van der Waals surface area contributed by atoms with Crippen LogP contribution in [0.15, 0.2) is 66.7 Å². The zero-order valence-electron chi connectivity index (χ0n) is 13.1. The molecule has 0 amide bonds. The van der Waals surface area contributed by atoms with Gasteiger partial charge in [0.25, 0.3) is 0 Å². The number of carbonyl (C=O) groups is 1. The molecular weight excluding hydrogens is 326 g/mol. The van der Waals surface area contributed by atoms with Crippen LogP contribution in [-0.2, 0) is 11.2 Å². The molecule has 0 radical (unpaired) electrons. The Hall–Kier alpha value is -3.21. The van der Waals surface area contributed by atoms with Crippen LogP contribution in [0.5, 0.6) is 11.5 Å². The molecule has 0 saturated heterocycles. The van der Waals surface area contributed by atoms with E-state index in [0.717, 1.165) is 12.1 Å². The molecule has 0 atom stereocenters. The van der Waals surface area contributed by atoms with E-state index in [9.17, 15) is 13.6 Å². The number of benzene rings is 3. The predicted octanol–water partition coefficient (Wildman–Crippen LogP) is 5.05. The number of halogens is 2. The first-order chi connectivity index (χ1) is 12.0. The van der Waals surface area contributed by atoms with Gasteiger partial charge in [0.2, 0.25) is 0 Å². The van der Waals surface area contributed by atoms with Crippen molar-refractivity contribution in [1.82, 2.24) is 0 Å². The van der Waals surface area contributed by atoms with Gasteiger partial charge in [-0.15, -0.1) is 0 Å². The Morgan fingerprint density at radius 3 is 2.24 bits per heavy atom. The van der Waals surface area contributed by atoms with Crippen LogP contribution in [0.1, 0.15) is 5.56 Å². The summed E-state index contributed by atoms with van der Waals surface area (Å²) in [6.07, 6.45) is -0.0912. The van der Waals surface area contributed by atoms with E-state index in [2.05, 4.69) is 0 Å². The van der Waals surface area contributed by atoms with Gasteiger partial charge in [-0.3, -0.25) is 4.79 Å². The molecule has 0 heterocycles. The molecular formula is C20H14F2O3. The Kier molecular flexibility index (Phi) is 4.75. The first-order valence-corrected chi connectivity index (χ1v) is 7.55. The highest BCUT2D eigenvalue weighted by Gasteiger charge is 2.07. The molecule has 0 aliphatic rings. The maximum atomic E-state index is 13.4. The number of ether oxygens (including phenoxy) is 1. The summed E-state index contributed by atoms with van der Waals surface area (Å²) in [5.41, 5.74) is 1.84. The zero-order valence-corrected chi connectivity index (χ0v) is 13.1. The monoisotopic (exact) mass is 340 g/mol. The molecule has 0 saturated carbocycles. The molecule has 0 bridgehead atoms. The summed E-state index contributed by atoms with van der Waals surface area (Å²) >= 11 is 0. The van der Waals surface area contributed by atoms with E-state index in [-0.39, 0.29) is 6.42 Å². The van der Waals surface area contributed by atoms with Crippen LogP contribution in [0.2, 0.25) is 0 Å². The molecule has 3 aromatic carbocycles. The van der Waals surface area contributed by atoms with Crippen molar-refractivity contribution in [3.63, 3.8) is 0 Å². The van der Waals surface area contributed by atoms with E-state index in [0.29, 0.717) is 28.2 Å². The lowest BCUT2D eigenvalue weighted by Crippen LogP contribution is -1.99. The van der Waals surface area contributed by atoms with Crippen molar-refractivity contribution in [1.29, 1.82) is 0 Å². The van der Waals surface area contributed by atoms with Gasteiger partial charge >= 0.3 is 5.97 Å². The van der Waals surface area contributed by atoms with Crippen molar-refractivity contribution in [2.24, 2.45) is 0 Å². The van der Waals surface area contributed by atoms with Gasteiger partial charge in [-0.05, 0) is 53.1 Å². The van der Waals surface area contributed by atoms with Crippen LogP contribution < -0.4 is 4.74 Å². The molecule has 1 N–H and O–H groups in total. The summed E-state index contributed by atoms with van der Waals surface area (Å²) in [5.74, 6) is -1.72. The van der Waals surface area contributed by atoms with E-state index in [1.54, 1.807) is 48.5 Å². The second kappa shape index (κ2) is 7.13. The Labute approximate surface area is 143 Å². The largest absolute Gasteiger partial charge is 0.481 e. The number of carboxylic acid groups (broad SMARTS) is 1. The van der Waals surface area contributed by atoms with Gasteiger partial charge in [0.1, 0.15) is 11.5 Å². The van der Waals surface area contributed by atoms with Gasteiger partial charge in [0, 0.05) is 0 Å². The molecule has 3 aromatic rings. The van der Waals surface area contributed by atoms with Crippen molar-refractivity contribution >= 4 is 5.97 Å². The van der Waals surface area contributed by atoms with Crippen LogP contribution in [0, 0.1) is 11.6 Å². The molecule has 0 aliphatic heterocycles. The Bertz CT molecular complexity index is 922. The second-order valence-electron chi connectivity index (χ2n) is 5.48. The maximum Gasteiger partial charge on any atom is 0.307 e. The molecule has 3 rings (SSSR count). The molecule has 25 heavy (non-hydrogen) atoms. The molecule has 126 valence electrons. The van der Waals surface area contributed by atoms with Crippen LogP contribution in [0.3, 0.4) is 0 Å². The van der Waals surface area contributed by atoms with Crippen molar-refractivity contribution < 1.29 is 23.4 Å². The van der Waals surface area contributed by atoms with Crippen LogP contribution in [0.4, 0.5) is 8.78 Å². The molecule has 0 unspecified atom stereocenters. The lowest BCUT2D eigenvalue weighted by atomic mass is 10.1. The van der Waals surface area contributed by atoms with Crippen molar-refractivity contribution in [3.8, 4) is 22.6 Å². The normalized spacial score (nSPS) is 10.5. The van der Waals surface area contributed by atoms with Crippen LogP contribution in [-0.4, -0.2) is 11.1 Å². The summed E-state index contributed by atoms with van der Waals surface area (Å²) in [6.45, 7) is 0. The van der Waals surface area contributed by atoms with Crippen LogP contribution >= 0.6 is 0 Å². The second-order valence-corrected chi connectivity index (χ2v) is 5.48. The van der Waals surface area contributed by atoms with Gasteiger partial charge in [-0.2, -0.15) is 0 Å². The fourth-order valence-electron chi connectivity index (χ4n) is 2.44. The standard InChI is InChI=1S/C20H14F2O3/c21-18-8-7-15(12-19(18)22)14-4-2-6-17(11-14)25-16-5-1-3-13(9-16)10-20(23)24/h1-9,11-12H,10H2,(H,23,24). The number of hydrogen-bond donors (Lipinski definition) is 1.